The minimum Gasteiger partial charge on any atom is -0.349 e. The van der Waals surface area contributed by atoms with Crippen LogP contribution >= 0.6 is 11.6 Å². The van der Waals surface area contributed by atoms with E-state index in [0.717, 1.165) is 12.1 Å². The van der Waals surface area contributed by atoms with E-state index in [4.69, 9.17) is 11.6 Å². The van der Waals surface area contributed by atoms with E-state index in [1.165, 1.54) is 0 Å². The van der Waals surface area contributed by atoms with Gasteiger partial charge < -0.3 is 5.32 Å². The molecule has 0 saturated heterocycles. The molecule has 0 aliphatic rings. The second-order valence-corrected chi connectivity index (χ2v) is 3.88. The van der Waals surface area contributed by atoms with Crippen molar-refractivity contribution < 1.29 is 9.31 Å². The third-order valence-corrected chi connectivity index (χ3v) is 2.68. The van der Waals surface area contributed by atoms with Crippen LogP contribution in [0, 0.1) is 15.9 Å². The molecule has 0 atom stereocenters. The third-order valence-electron chi connectivity index (χ3n) is 2.31. The molecular formula is C12H8ClFN2O2. The van der Waals surface area contributed by atoms with Crippen LogP contribution in [0.5, 0.6) is 0 Å². The van der Waals surface area contributed by atoms with Crippen molar-refractivity contribution in [2.75, 3.05) is 5.32 Å². The Labute approximate surface area is 107 Å². The summed E-state index contributed by atoms with van der Waals surface area (Å²) in [7, 11) is 0. The summed E-state index contributed by atoms with van der Waals surface area (Å²) < 4.78 is 13.3. The zero-order chi connectivity index (χ0) is 13.1. The lowest BCUT2D eigenvalue weighted by molar-refractivity contribution is -0.383. The van der Waals surface area contributed by atoms with Gasteiger partial charge in [0.1, 0.15) is 16.5 Å². The van der Waals surface area contributed by atoms with Crippen LogP contribution in [0.25, 0.3) is 0 Å². The molecule has 6 heteroatoms. The van der Waals surface area contributed by atoms with Crippen LogP contribution in [0.15, 0.2) is 42.5 Å². The standard InChI is InChI=1S/C12H8ClFN2O2/c13-11-9(14)6-7-10(16(17)18)12(11)15-8-4-2-1-3-5-8/h1-7,15H. The minimum absolute atomic E-state index is 0.0483. The first-order valence-corrected chi connectivity index (χ1v) is 5.42. The van der Waals surface area contributed by atoms with Crippen LogP contribution in [0.2, 0.25) is 5.02 Å². The van der Waals surface area contributed by atoms with E-state index in [9.17, 15) is 14.5 Å². The van der Waals surface area contributed by atoms with Crippen molar-refractivity contribution in [3.63, 3.8) is 0 Å². The first-order valence-electron chi connectivity index (χ1n) is 5.04. The fourth-order valence-electron chi connectivity index (χ4n) is 1.48. The number of hydrogen-bond acceptors (Lipinski definition) is 3. The van der Waals surface area contributed by atoms with Gasteiger partial charge in [-0.15, -0.1) is 0 Å². The fourth-order valence-corrected chi connectivity index (χ4v) is 1.68. The molecule has 0 spiro atoms. The number of nitro benzene ring substituents is 1. The third kappa shape index (κ3) is 2.41. The summed E-state index contributed by atoms with van der Waals surface area (Å²) in [6.07, 6.45) is 0. The van der Waals surface area contributed by atoms with E-state index >= 15 is 0 Å². The van der Waals surface area contributed by atoms with Crippen LogP contribution in [0.1, 0.15) is 0 Å². The summed E-state index contributed by atoms with van der Waals surface area (Å²) in [5.74, 6) is -0.708. The van der Waals surface area contributed by atoms with Crippen molar-refractivity contribution >= 4 is 28.7 Å². The molecule has 0 radical (unpaired) electrons. The Morgan fingerprint density at radius 1 is 1.17 bits per heavy atom. The lowest BCUT2D eigenvalue weighted by Gasteiger charge is -2.09. The van der Waals surface area contributed by atoms with E-state index in [1.54, 1.807) is 30.3 Å². The molecule has 0 aliphatic carbocycles. The van der Waals surface area contributed by atoms with Crippen LogP contribution in [0.4, 0.5) is 21.5 Å². The van der Waals surface area contributed by atoms with Gasteiger partial charge in [-0.05, 0) is 18.2 Å². The zero-order valence-corrected chi connectivity index (χ0v) is 9.82. The van der Waals surface area contributed by atoms with Gasteiger partial charge >= 0.3 is 0 Å². The lowest BCUT2D eigenvalue weighted by atomic mass is 10.2. The Balaban J connectivity index is 2.48. The average Bonchev–Trinajstić information content (AvgIpc) is 2.36. The van der Waals surface area contributed by atoms with Gasteiger partial charge in [0.15, 0.2) is 0 Å². The van der Waals surface area contributed by atoms with Crippen molar-refractivity contribution in [1.82, 2.24) is 0 Å². The van der Waals surface area contributed by atoms with Crippen molar-refractivity contribution in [1.29, 1.82) is 0 Å². The Kier molecular flexibility index (Phi) is 3.43. The molecule has 0 saturated carbocycles. The van der Waals surface area contributed by atoms with E-state index < -0.39 is 10.7 Å². The average molecular weight is 267 g/mol. The van der Waals surface area contributed by atoms with Crippen LogP contribution in [0.3, 0.4) is 0 Å². The second-order valence-electron chi connectivity index (χ2n) is 3.50. The smallest absolute Gasteiger partial charge is 0.294 e. The maximum atomic E-state index is 13.3. The molecule has 18 heavy (non-hydrogen) atoms. The molecular weight excluding hydrogens is 259 g/mol. The Morgan fingerprint density at radius 2 is 1.83 bits per heavy atom. The van der Waals surface area contributed by atoms with Crippen molar-refractivity contribution in [2.45, 2.75) is 0 Å². The number of nitrogens with one attached hydrogen (secondary N) is 1. The highest BCUT2D eigenvalue weighted by atomic mass is 35.5. The second kappa shape index (κ2) is 5.01. The monoisotopic (exact) mass is 266 g/mol. The summed E-state index contributed by atoms with van der Waals surface area (Å²) in [6.45, 7) is 0. The Hall–Kier alpha value is -2.14. The highest BCUT2D eigenvalue weighted by Crippen LogP contribution is 2.36. The number of anilines is 2. The van der Waals surface area contributed by atoms with Gasteiger partial charge in [0.05, 0.1) is 4.92 Å². The van der Waals surface area contributed by atoms with Crippen molar-refractivity contribution in [3.05, 3.63) is 63.4 Å². The molecule has 2 aromatic rings. The molecule has 0 unspecified atom stereocenters. The molecule has 2 rings (SSSR count). The van der Waals surface area contributed by atoms with Crippen molar-refractivity contribution in [2.24, 2.45) is 0 Å². The van der Waals surface area contributed by atoms with E-state index in [1.807, 2.05) is 0 Å². The minimum atomic E-state index is -0.708. The van der Waals surface area contributed by atoms with Crippen molar-refractivity contribution in [3.8, 4) is 0 Å². The first-order chi connectivity index (χ1) is 8.59. The molecule has 4 nitrogen and oxygen atoms in total. The van der Waals surface area contributed by atoms with Gasteiger partial charge in [0.25, 0.3) is 5.69 Å². The number of halogens is 2. The van der Waals surface area contributed by atoms with E-state index in [0.29, 0.717) is 5.69 Å². The summed E-state index contributed by atoms with van der Waals surface area (Å²) in [4.78, 5) is 10.2. The fraction of sp³-hybridized carbons (Fsp3) is 0. The first kappa shape index (κ1) is 12.3. The highest BCUT2D eigenvalue weighted by Gasteiger charge is 2.20. The van der Waals surface area contributed by atoms with Crippen LogP contribution < -0.4 is 5.32 Å². The largest absolute Gasteiger partial charge is 0.349 e. The van der Waals surface area contributed by atoms with Gasteiger partial charge in [-0.2, -0.15) is 0 Å². The number of benzene rings is 2. The predicted octanol–water partition coefficient (Wildman–Crippen LogP) is 4.13. The molecule has 0 amide bonds. The van der Waals surface area contributed by atoms with Crippen LogP contribution in [-0.2, 0) is 0 Å². The van der Waals surface area contributed by atoms with E-state index in [2.05, 4.69) is 5.32 Å². The Bertz CT molecular complexity index is 590. The summed E-state index contributed by atoms with van der Waals surface area (Å²) in [5, 5.41) is 13.3. The predicted molar refractivity (Wildman–Crippen MR) is 67.8 cm³/mol. The molecule has 0 heterocycles. The number of rotatable bonds is 3. The molecule has 0 fully saturated rings. The van der Waals surface area contributed by atoms with Crippen LogP contribution in [-0.4, -0.2) is 4.92 Å². The molecule has 0 aliphatic heterocycles. The lowest BCUT2D eigenvalue weighted by Crippen LogP contribution is -1.99. The zero-order valence-electron chi connectivity index (χ0n) is 9.06. The molecule has 1 N–H and O–H groups in total. The number of hydrogen-bond donors (Lipinski definition) is 1. The normalized spacial score (nSPS) is 10.1. The topological polar surface area (TPSA) is 55.2 Å². The van der Waals surface area contributed by atoms with Gasteiger partial charge in [0, 0.05) is 11.8 Å². The van der Waals surface area contributed by atoms with Gasteiger partial charge in [0.2, 0.25) is 0 Å². The SMILES string of the molecule is O=[N+]([O-])c1ccc(F)c(Cl)c1Nc1ccccc1. The highest BCUT2D eigenvalue weighted by molar-refractivity contribution is 6.34. The van der Waals surface area contributed by atoms with Gasteiger partial charge in [-0.3, -0.25) is 10.1 Å². The summed E-state index contributed by atoms with van der Waals surface area (Å²) in [5.41, 5.74) is 0.270. The van der Waals surface area contributed by atoms with Gasteiger partial charge in [-0.25, -0.2) is 4.39 Å². The quantitative estimate of drug-likeness (QED) is 0.671. The van der Waals surface area contributed by atoms with Gasteiger partial charge in [-0.1, -0.05) is 29.8 Å². The maximum absolute atomic E-state index is 13.3. The maximum Gasteiger partial charge on any atom is 0.294 e. The summed E-state index contributed by atoms with van der Waals surface area (Å²) in [6, 6.07) is 10.7. The summed E-state index contributed by atoms with van der Waals surface area (Å²) >= 11 is 5.75. The number of para-hydroxylation sites is 1. The number of nitro groups is 1. The molecule has 2 aromatic carbocycles. The Morgan fingerprint density at radius 3 is 2.44 bits per heavy atom. The molecule has 0 bridgehead atoms. The molecule has 92 valence electrons. The number of nitrogens with zero attached hydrogens (tertiary/aromatic N) is 1. The van der Waals surface area contributed by atoms with E-state index in [-0.39, 0.29) is 16.4 Å². The molecule has 0 aromatic heterocycles.